The first kappa shape index (κ1) is 19.5. The van der Waals surface area contributed by atoms with Crippen LogP contribution in [0.2, 0.25) is 5.02 Å². The van der Waals surface area contributed by atoms with Gasteiger partial charge in [-0.1, -0.05) is 29.8 Å². The van der Waals surface area contributed by atoms with Crippen molar-refractivity contribution in [3.8, 4) is 11.5 Å². The topological polar surface area (TPSA) is 47.6 Å². The highest BCUT2D eigenvalue weighted by molar-refractivity contribution is 8.00. The molecule has 2 aromatic rings. The predicted molar refractivity (Wildman–Crippen MR) is 103 cm³/mol. The van der Waals surface area contributed by atoms with Crippen LogP contribution in [-0.4, -0.2) is 32.4 Å². The number of amides is 1. The first-order valence-corrected chi connectivity index (χ1v) is 9.35. The summed E-state index contributed by atoms with van der Waals surface area (Å²) in [6, 6.07) is 13.4. The van der Waals surface area contributed by atoms with Crippen molar-refractivity contribution in [1.82, 2.24) is 5.32 Å². The molecule has 0 bridgehead atoms. The Morgan fingerprint density at radius 1 is 1.12 bits per heavy atom. The van der Waals surface area contributed by atoms with Gasteiger partial charge < -0.3 is 14.8 Å². The second kappa shape index (κ2) is 10.2. The van der Waals surface area contributed by atoms with Gasteiger partial charge in [0.15, 0.2) is 11.5 Å². The van der Waals surface area contributed by atoms with Crippen LogP contribution in [0.25, 0.3) is 0 Å². The summed E-state index contributed by atoms with van der Waals surface area (Å²) in [5, 5.41) is 3.71. The fourth-order valence-corrected chi connectivity index (χ4v) is 3.30. The second-order valence-corrected chi connectivity index (χ2v) is 6.81. The fraction of sp³-hybridized carbons (Fsp3) is 0.316. The molecular weight excluding hydrogens is 358 g/mol. The molecule has 0 aliphatic heterocycles. The molecule has 0 fully saturated rings. The standard InChI is InChI=1S/C19H22ClNO3S/c1-23-17-10-9-15(12-18(17)24-2)25-13-19(22)21-11-5-7-14-6-3-4-8-16(14)20/h3-4,6,8-10,12H,5,7,11,13H2,1-2H3,(H,21,22). The van der Waals surface area contributed by atoms with Gasteiger partial charge in [-0.3, -0.25) is 4.79 Å². The molecular formula is C19H22ClNO3S. The van der Waals surface area contributed by atoms with E-state index in [2.05, 4.69) is 5.32 Å². The summed E-state index contributed by atoms with van der Waals surface area (Å²) in [5.41, 5.74) is 1.11. The first-order chi connectivity index (χ1) is 12.1. The summed E-state index contributed by atoms with van der Waals surface area (Å²) in [6.45, 7) is 0.635. The van der Waals surface area contributed by atoms with Crippen molar-refractivity contribution in [1.29, 1.82) is 0 Å². The average molecular weight is 380 g/mol. The lowest BCUT2D eigenvalue weighted by molar-refractivity contribution is -0.118. The average Bonchev–Trinajstić information content (AvgIpc) is 2.64. The third kappa shape index (κ3) is 6.18. The zero-order chi connectivity index (χ0) is 18.1. The monoisotopic (exact) mass is 379 g/mol. The Morgan fingerprint density at radius 3 is 2.60 bits per heavy atom. The lowest BCUT2D eigenvalue weighted by Gasteiger charge is -2.09. The van der Waals surface area contributed by atoms with E-state index in [9.17, 15) is 4.79 Å². The molecule has 0 radical (unpaired) electrons. The van der Waals surface area contributed by atoms with E-state index in [1.807, 2.05) is 42.5 Å². The molecule has 2 aromatic carbocycles. The quantitative estimate of drug-likeness (QED) is 0.524. The molecule has 0 atom stereocenters. The number of carbonyl (C=O) groups is 1. The lowest BCUT2D eigenvalue weighted by atomic mass is 10.1. The number of aryl methyl sites for hydroxylation is 1. The van der Waals surface area contributed by atoms with Crippen LogP contribution in [0.3, 0.4) is 0 Å². The minimum atomic E-state index is 0.0129. The third-order valence-electron chi connectivity index (χ3n) is 3.63. The number of ether oxygens (including phenoxy) is 2. The number of halogens is 1. The molecule has 25 heavy (non-hydrogen) atoms. The molecule has 0 aliphatic rings. The number of thioether (sulfide) groups is 1. The number of nitrogens with one attached hydrogen (secondary N) is 1. The van der Waals surface area contributed by atoms with Crippen LogP contribution in [0.1, 0.15) is 12.0 Å². The summed E-state index contributed by atoms with van der Waals surface area (Å²) in [7, 11) is 3.19. The second-order valence-electron chi connectivity index (χ2n) is 5.35. The van der Waals surface area contributed by atoms with Gasteiger partial charge in [0.2, 0.25) is 5.91 Å². The molecule has 4 nitrogen and oxygen atoms in total. The smallest absolute Gasteiger partial charge is 0.230 e. The molecule has 6 heteroatoms. The summed E-state index contributed by atoms with van der Waals surface area (Å²) < 4.78 is 10.5. The molecule has 0 aromatic heterocycles. The van der Waals surface area contributed by atoms with Crippen LogP contribution < -0.4 is 14.8 Å². The molecule has 134 valence electrons. The summed E-state index contributed by atoms with van der Waals surface area (Å²) in [6.07, 6.45) is 1.71. The van der Waals surface area contributed by atoms with E-state index in [1.165, 1.54) is 11.8 Å². The number of hydrogen-bond donors (Lipinski definition) is 1. The van der Waals surface area contributed by atoms with Crippen molar-refractivity contribution in [2.45, 2.75) is 17.7 Å². The van der Waals surface area contributed by atoms with E-state index >= 15 is 0 Å². The van der Waals surface area contributed by atoms with Crippen molar-refractivity contribution in [2.75, 3.05) is 26.5 Å². The van der Waals surface area contributed by atoms with Crippen molar-refractivity contribution < 1.29 is 14.3 Å². The molecule has 0 saturated heterocycles. The fourth-order valence-electron chi connectivity index (χ4n) is 2.31. The Bertz CT molecular complexity index is 709. The highest BCUT2D eigenvalue weighted by atomic mass is 35.5. The molecule has 0 heterocycles. The maximum absolute atomic E-state index is 12.0. The maximum Gasteiger partial charge on any atom is 0.230 e. The zero-order valence-electron chi connectivity index (χ0n) is 14.4. The Hall–Kier alpha value is -1.85. The Balaban J connectivity index is 1.71. The predicted octanol–water partition coefficient (Wildman–Crippen LogP) is 4.20. The zero-order valence-corrected chi connectivity index (χ0v) is 16.0. The summed E-state index contributed by atoms with van der Waals surface area (Å²) in [5.74, 6) is 1.71. The van der Waals surface area contributed by atoms with Gasteiger partial charge >= 0.3 is 0 Å². The highest BCUT2D eigenvalue weighted by Crippen LogP contribution is 2.31. The Morgan fingerprint density at radius 2 is 1.88 bits per heavy atom. The van der Waals surface area contributed by atoms with Crippen LogP contribution in [0, 0.1) is 0 Å². The van der Waals surface area contributed by atoms with Gasteiger partial charge in [0.25, 0.3) is 0 Å². The van der Waals surface area contributed by atoms with Crippen LogP contribution >= 0.6 is 23.4 Å². The lowest BCUT2D eigenvalue weighted by Crippen LogP contribution is -2.26. The van der Waals surface area contributed by atoms with Gasteiger partial charge in [-0.2, -0.15) is 0 Å². The van der Waals surface area contributed by atoms with Crippen LogP contribution in [0.15, 0.2) is 47.4 Å². The van der Waals surface area contributed by atoms with Crippen LogP contribution in [0.5, 0.6) is 11.5 Å². The summed E-state index contributed by atoms with van der Waals surface area (Å²) in [4.78, 5) is 12.9. The minimum Gasteiger partial charge on any atom is -0.493 e. The largest absolute Gasteiger partial charge is 0.493 e. The minimum absolute atomic E-state index is 0.0129. The first-order valence-electron chi connectivity index (χ1n) is 7.99. The van der Waals surface area contributed by atoms with Crippen molar-refractivity contribution >= 4 is 29.3 Å². The van der Waals surface area contributed by atoms with E-state index < -0.39 is 0 Å². The third-order valence-corrected chi connectivity index (χ3v) is 4.99. The molecule has 2 rings (SSSR count). The van der Waals surface area contributed by atoms with Gasteiger partial charge in [-0.05, 0) is 42.7 Å². The summed E-state index contributed by atoms with van der Waals surface area (Å²) >= 11 is 7.59. The van der Waals surface area contributed by atoms with Gasteiger partial charge in [0, 0.05) is 16.5 Å². The Labute approximate surface area is 157 Å². The number of carbonyl (C=O) groups excluding carboxylic acids is 1. The van der Waals surface area contributed by atoms with E-state index in [1.54, 1.807) is 14.2 Å². The van der Waals surface area contributed by atoms with Gasteiger partial charge in [0.05, 0.1) is 20.0 Å². The number of hydrogen-bond acceptors (Lipinski definition) is 4. The van der Waals surface area contributed by atoms with Gasteiger partial charge in [-0.15, -0.1) is 11.8 Å². The normalized spacial score (nSPS) is 10.4. The van der Waals surface area contributed by atoms with Gasteiger partial charge in [0.1, 0.15) is 0 Å². The van der Waals surface area contributed by atoms with Crippen molar-refractivity contribution in [2.24, 2.45) is 0 Å². The molecule has 0 unspecified atom stereocenters. The molecule has 0 saturated carbocycles. The maximum atomic E-state index is 12.0. The van der Waals surface area contributed by atoms with E-state index in [-0.39, 0.29) is 5.91 Å². The van der Waals surface area contributed by atoms with E-state index in [0.29, 0.717) is 23.8 Å². The van der Waals surface area contributed by atoms with Crippen LogP contribution in [0.4, 0.5) is 0 Å². The molecule has 1 N–H and O–H groups in total. The van der Waals surface area contributed by atoms with Crippen molar-refractivity contribution in [3.05, 3.63) is 53.1 Å². The Kier molecular flexibility index (Phi) is 7.95. The number of benzene rings is 2. The van der Waals surface area contributed by atoms with Gasteiger partial charge in [-0.25, -0.2) is 0 Å². The van der Waals surface area contributed by atoms with Crippen molar-refractivity contribution in [3.63, 3.8) is 0 Å². The molecule has 1 amide bonds. The number of rotatable bonds is 9. The van der Waals surface area contributed by atoms with E-state index in [4.69, 9.17) is 21.1 Å². The highest BCUT2D eigenvalue weighted by Gasteiger charge is 2.07. The molecule has 0 spiro atoms. The van der Waals surface area contributed by atoms with E-state index in [0.717, 1.165) is 28.3 Å². The van der Waals surface area contributed by atoms with Crippen LogP contribution in [-0.2, 0) is 11.2 Å². The number of methoxy groups -OCH3 is 2. The SMILES string of the molecule is COc1ccc(SCC(=O)NCCCc2ccccc2Cl)cc1OC. The molecule has 0 aliphatic carbocycles.